The van der Waals surface area contributed by atoms with Crippen molar-refractivity contribution < 1.29 is 44.0 Å². The van der Waals surface area contributed by atoms with E-state index in [9.17, 15) is 20.0 Å². The van der Waals surface area contributed by atoms with E-state index in [0.29, 0.717) is 17.1 Å². The van der Waals surface area contributed by atoms with E-state index in [4.69, 9.17) is 4.42 Å². The van der Waals surface area contributed by atoms with Gasteiger partial charge in [-0.25, -0.2) is 4.79 Å². The number of non-ortho nitro benzene ring substituents is 1. The van der Waals surface area contributed by atoms with Crippen LogP contribution < -0.4 is 40.4 Å². The molecule has 0 aliphatic heterocycles. The summed E-state index contributed by atoms with van der Waals surface area (Å²) in [7, 11) is 0. The second-order valence-electron chi connectivity index (χ2n) is 4.52. The second kappa shape index (κ2) is 7.30. The van der Waals surface area contributed by atoms with E-state index in [-0.39, 0.29) is 35.2 Å². The SMILES string of the molecule is O=c1[nH]c([O-])cn1N=Cc1ccc(-c2ccc([N+](=O)[O-])cc2)o1.[Na+]. The number of nitro groups is 1. The molecule has 0 unspecified atom stereocenters. The van der Waals surface area contributed by atoms with Gasteiger partial charge in [0.15, 0.2) is 0 Å². The molecule has 0 atom stereocenters. The number of aromatic amines is 1. The first kappa shape index (κ1) is 17.7. The Balaban J connectivity index is 0.00000208. The molecule has 3 rings (SSSR count). The summed E-state index contributed by atoms with van der Waals surface area (Å²) in [6.07, 6.45) is 2.29. The van der Waals surface area contributed by atoms with Crippen LogP contribution in [0.1, 0.15) is 5.76 Å². The zero-order chi connectivity index (χ0) is 16.4. The number of nitro benzene ring substituents is 1. The van der Waals surface area contributed by atoms with Gasteiger partial charge in [-0.1, -0.05) is 0 Å². The number of imidazole rings is 1. The monoisotopic (exact) mass is 336 g/mol. The molecule has 1 aromatic carbocycles. The average molecular weight is 336 g/mol. The maximum absolute atomic E-state index is 11.3. The molecular formula is C14H9N4NaO5. The van der Waals surface area contributed by atoms with Crippen LogP contribution in [-0.2, 0) is 0 Å². The molecule has 0 aliphatic carbocycles. The molecule has 24 heavy (non-hydrogen) atoms. The van der Waals surface area contributed by atoms with Crippen LogP contribution in [0.25, 0.3) is 11.3 Å². The van der Waals surface area contributed by atoms with Crippen LogP contribution in [0.4, 0.5) is 5.69 Å². The largest absolute Gasteiger partial charge is 1.00 e. The van der Waals surface area contributed by atoms with Gasteiger partial charge in [0.2, 0.25) is 0 Å². The van der Waals surface area contributed by atoms with E-state index < -0.39 is 16.5 Å². The van der Waals surface area contributed by atoms with Gasteiger partial charge in [-0.3, -0.25) is 10.1 Å². The number of rotatable bonds is 4. The molecule has 0 fully saturated rings. The van der Waals surface area contributed by atoms with E-state index in [1.54, 1.807) is 24.3 Å². The van der Waals surface area contributed by atoms with Crippen molar-refractivity contribution in [2.24, 2.45) is 5.10 Å². The Hall–Kier alpha value is -2.62. The summed E-state index contributed by atoms with van der Waals surface area (Å²) < 4.78 is 6.37. The molecule has 0 radical (unpaired) electrons. The fourth-order valence-corrected chi connectivity index (χ4v) is 1.89. The van der Waals surface area contributed by atoms with Gasteiger partial charge in [-0.2, -0.15) is 9.78 Å². The Morgan fingerprint density at radius 3 is 2.50 bits per heavy atom. The number of hydrogen-bond acceptors (Lipinski definition) is 6. The van der Waals surface area contributed by atoms with Gasteiger partial charge in [-0.05, 0) is 30.1 Å². The van der Waals surface area contributed by atoms with Crippen molar-refractivity contribution in [1.29, 1.82) is 0 Å². The smallest absolute Gasteiger partial charge is 0.859 e. The quantitative estimate of drug-likeness (QED) is 0.263. The zero-order valence-corrected chi connectivity index (χ0v) is 14.5. The molecule has 2 aromatic heterocycles. The standard InChI is InChI=1S/C14H10N4O5.Na/c19-13-8-17(14(20)16-13)15-7-11-5-6-12(23-11)9-1-3-10(4-2-9)18(21)22;/h1-8,19H,(H,16,20);/q;+1/p-1. The maximum atomic E-state index is 11.3. The van der Waals surface area contributed by atoms with Crippen molar-refractivity contribution in [1.82, 2.24) is 9.66 Å². The molecule has 0 spiro atoms. The molecular weight excluding hydrogens is 327 g/mol. The van der Waals surface area contributed by atoms with Crippen LogP contribution in [-0.4, -0.2) is 20.8 Å². The minimum atomic E-state index is -0.645. The van der Waals surface area contributed by atoms with Gasteiger partial charge in [0, 0.05) is 23.9 Å². The third-order valence-corrected chi connectivity index (χ3v) is 2.98. The topological polar surface area (TPSA) is 129 Å². The van der Waals surface area contributed by atoms with Crippen LogP contribution in [0.15, 0.2) is 56.9 Å². The van der Waals surface area contributed by atoms with Crippen molar-refractivity contribution in [2.75, 3.05) is 0 Å². The van der Waals surface area contributed by atoms with Gasteiger partial charge in [0.25, 0.3) is 5.69 Å². The Morgan fingerprint density at radius 1 is 1.21 bits per heavy atom. The number of nitrogens with zero attached hydrogens (tertiary/aromatic N) is 3. The number of aromatic nitrogens is 2. The van der Waals surface area contributed by atoms with E-state index >= 15 is 0 Å². The molecule has 2 heterocycles. The summed E-state index contributed by atoms with van der Waals surface area (Å²) in [5.74, 6) is 0.310. The number of nitrogens with one attached hydrogen (secondary N) is 1. The molecule has 0 aliphatic rings. The van der Waals surface area contributed by atoms with E-state index in [1.165, 1.54) is 18.3 Å². The van der Waals surface area contributed by atoms with E-state index in [1.807, 2.05) is 4.98 Å². The summed E-state index contributed by atoms with van der Waals surface area (Å²) >= 11 is 0. The third-order valence-electron chi connectivity index (χ3n) is 2.98. The minimum absolute atomic E-state index is 0. The molecule has 116 valence electrons. The second-order valence-corrected chi connectivity index (χ2v) is 4.52. The molecule has 9 nitrogen and oxygen atoms in total. The first-order valence-electron chi connectivity index (χ1n) is 6.40. The van der Waals surface area contributed by atoms with Gasteiger partial charge >= 0.3 is 35.2 Å². The normalized spacial score (nSPS) is 10.7. The number of benzene rings is 1. The van der Waals surface area contributed by atoms with Gasteiger partial charge in [-0.15, -0.1) is 0 Å². The van der Waals surface area contributed by atoms with Crippen molar-refractivity contribution in [2.45, 2.75) is 0 Å². The van der Waals surface area contributed by atoms with Crippen LogP contribution in [0.2, 0.25) is 0 Å². The van der Waals surface area contributed by atoms with Crippen molar-refractivity contribution in [3.05, 3.63) is 69.0 Å². The first-order valence-corrected chi connectivity index (χ1v) is 6.40. The summed E-state index contributed by atoms with van der Waals surface area (Å²) in [6.45, 7) is 0. The van der Waals surface area contributed by atoms with Crippen molar-refractivity contribution in [3.8, 4) is 17.2 Å². The van der Waals surface area contributed by atoms with Crippen LogP contribution in [0, 0.1) is 10.1 Å². The van der Waals surface area contributed by atoms with Crippen molar-refractivity contribution in [3.63, 3.8) is 0 Å². The number of H-pyrrole nitrogens is 1. The number of furan rings is 1. The summed E-state index contributed by atoms with van der Waals surface area (Å²) in [6, 6.07) is 9.18. The third kappa shape index (κ3) is 3.82. The van der Waals surface area contributed by atoms with Crippen LogP contribution >= 0.6 is 0 Å². The first-order chi connectivity index (χ1) is 11.0. The predicted molar refractivity (Wildman–Crippen MR) is 78.3 cm³/mol. The molecule has 0 bridgehead atoms. The van der Waals surface area contributed by atoms with Crippen LogP contribution in [0.3, 0.4) is 0 Å². The minimum Gasteiger partial charge on any atom is -0.859 e. The van der Waals surface area contributed by atoms with E-state index in [2.05, 4.69) is 5.10 Å². The number of hydrogen-bond donors (Lipinski definition) is 1. The van der Waals surface area contributed by atoms with Crippen LogP contribution in [0.5, 0.6) is 5.88 Å². The predicted octanol–water partition coefficient (Wildman–Crippen LogP) is -1.70. The Labute approximate surface area is 156 Å². The van der Waals surface area contributed by atoms with Gasteiger partial charge in [0.1, 0.15) is 11.5 Å². The van der Waals surface area contributed by atoms with Gasteiger partial charge in [0.05, 0.1) is 11.1 Å². The Bertz CT molecular complexity index is 939. The molecule has 0 amide bonds. The molecule has 0 saturated carbocycles. The van der Waals surface area contributed by atoms with Crippen molar-refractivity contribution >= 4 is 11.9 Å². The zero-order valence-electron chi connectivity index (χ0n) is 12.5. The average Bonchev–Trinajstić information content (AvgIpc) is 3.11. The van der Waals surface area contributed by atoms with E-state index in [0.717, 1.165) is 10.9 Å². The molecule has 1 N–H and O–H groups in total. The summed E-state index contributed by atoms with van der Waals surface area (Å²) in [5, 5.41) is 25.4. The molecule has 10 heteroatoms. The fourth-order valence-electron chi connectivity index (χ4n) is 1.89. The maximum Gasteiger partial charge on any atom is 1.00 e. The van der Waals surface area contributed by atoms with Gasteiger partial charge < -0.3 is 14.5 Å². The Kier molecular flexibility index (Phi) is 5.39. The Morgan fingerprint density at radius 2 is 1.92 bits per heavy atom. The summed E-state index contributed by atoms with van der Waals surface area (Å²) in [5.41, 5.74) is 0.00615. The molecule has 3 aromatic rings. The fraction of sp³-hybridized carbons (Fsp3) is 0. The molecule has 0 saturated heterocycles. The summed E-state index contributed by atoms with van der Waals surface area (Å²) in [4.78, 5) is 23.5.